The number of hydrogen-bond donors (Lipinski definition) is 2. The molecule has 2 aromatic rings. The van der Waals surface area contributed by atoms with E-state index in [2.05, 4.69) is 48.1 Å². The first-order chi connectivity index (χ1) is 13.1. The molecule has 0 unspecified atom stereocenters. The van der Waals surface area contributed by atoms with Gasteiger partial charge in [-0.2, -0.15) is 5.26 Å². The Bertz CT molecular complexity index is 933. The zero-order valence-electron chi connectivity index (χ0n) is 15.9. The summed E-state index contributed by atoms with van der Waals surface area (Å²) in [6.07, 6.45) is 0.664. The summed E-state index contributed by atoms with van der Waals surface area (Å²) in [6.45, 7) is 6.30. The molecule has 2 N–H and O–H groups in total. The summed E-state index contributed by atoms with van der Waals surface area (Å²) < 4.78 is 0.889. The molecule has 7 heteroatoms. The molecule has 2 heterocycles. The van der Waals surface area contributed by atoms with Crippen molar-refractivity contribution in [2.24, 2.45) is 5.41 Å². The van der Waals surface area contributed by atoms with Gasteiger partial charge in [0.15, 0.2) is 0 Å². The lowest BCUT2D eigenvalue weighted by Gasteiger charge is -2.36. The van der Waals surface area contributed by atoms with Crippen LogP contribution in [0.15, 0.2) is 40.2 Å². The molecule has 1 aromatic carbocycles. The first-order valence-electron chi connectivity index (χ1n) is 8.98. The molecular formula is C21H22BrClN2O2S. The van der Waals surface area contributed by atoms with E-state index in [1.807, 2.05) is 17.5 Å². The lowest BCUT2D eigenvalue weighted by molar-refractivity contribution is -0.139. The number of carboxylic acid groups (broad SMARTS) is 1. The van der Waals surface area contributed by atoms with E-state index in [1.54, 1.807) is 18.2 Å². The summed E-state index contributed by atoms with van der Waals surface area (Å²) in [6, 6.07) is 10.5. The van der Waals surface area contributed by atoms with Crippen LogP contribution >= 0.6 is 38.9 Å². The Morgan fingerprint density at radius 1 is 1.43 bits per heavy atom. The number of thiophene rings is 1. The lowest BCUT2D eigenvalue weighted by Crippen LogP contribution is -2.43. The van der Waals surface area contributed by atoms with Crippen molar-refractivity contribution in [1.29, 1.82) is 5.26 Å². The standard InChI is InChI=1S/C21H22BrClN2O2S/c1-20(2,3)9-15-21(11-24,16-8-13(22)10-28-16)17(18(25-15)19(26)27)12-5-4-6-14(23)7-12/h4-8,10,15,17-18,25H,9H2,1-3H3,(H,26,27)/t15-,17-,18+,21+/m0/s1. The molecule has 4 atom stereocenters. The van der Waals surface area contributed by atoms with E-state index in [-0.39, 0.29) is 11.5 Å². The first kappa shape index (κ1) is 21.3. The minimum absolute atomic E-state index is 0.0828. The Labute approximate surface area is 182 Å². The molecule has 0 amide bonds. The predicted molar refractivity (Wildman–Crippen MR) is 116 cm³/mol. The van der Waals surface area contributed by atoms with Crippen LogP contribution in [0.25, 0.3) is 0 Å². The van der Waals surface area contributed by atoms with Crippen molar-refractivity contribution in [1.82, 2.24) is 5.32 Å². The van der Waals surface area contributed by atoms with E-state index in [4.69, 9.17) is 11.6 Å². The molecule has 1 aliphatic rings. The molecular weight excluding hydrogens is 460 g/mol. The van der Waals surface area contributed by atoms with Crippen molar-refractivity contribution in [2.75, 3.05) is 0 Å². The fourth-order valence-corrected chi connectivity index (χ4v) is 6.06. The number of carbonyl (C=O) groups is 1. The van der Waals surface area contributed by atoms with Crippen LogP contribution in [0.3, 0.4) is 0 Å². The van der Waals surface area contributed by atoms with Gasteiger partial charge in [0.05, 0.1) is 6.07 Å². The van der Waals surface area contributed by atoms with E-state index in [9.17, 15) is 15.2 Å². The van der Waals surface area contributed by atoms with Crippen LogP contribution in [0.1, 0.15) is 43.6 Å². The maximum atomic E-state index is 12.2. The van der Waals surface area contributed by atoms with Crippen LogP contribution in [-0.4, -0.2) is 23.2 Å². The number of carboxylic acids is 1. The van der Waals surface area contributed by atoms with Gasteiger partial charge in [-0.05, 0) is 51.5 Å². The van der Waals surface area contributed by atoms with Gasteiger partial charge in [0.2, 0.25) is 0 Å². The molecule has 0 radical (unpaired) electrons. The first-order valence-corrected chi connectivity index (χ1v) is 11.0. The Morgan fingerprint density at radius 3 is 2.64 bits per heavy atom. The molecule has 1 fully saturated rings. The van der Waals surface area contributed by atoms with Crippen LogP contribution < -0.4 is 5.32 Å². The van der Waals surface area contributed by atoms with E-state index < -0.39 is 23.3 Å². The number of halogens is 2. The predicted octanol–water partition coefficient (Wildman–Crippen LogP) is 5.57. The van der Waals surface area contributed by atoms with Crippen LogP contribution in [0.5, 0.6) is 0 Å². The normalized spacial score (nSPS) is 27.5. The van der Waals surface area contributed by atoms with Gasteiger partial charge in [0.1, 0.15) is 11.5 Å². The average Bonchev–Trinajstić information content (AvgIpc) is 3.15. The second-order valence-electron chi connectivity index (χ2n) is 8.44. The monoisotopic (exact) mass is 480 g/mol. The zero-order chi connectivity index (χ0) is 20.7. The maximum Gasteiger partial charge on any atom is 0.321 e. The van der Waals surface area contributed by atoms with E-state index in [0.29, 0.717) is 11.4 Å². The largest absolute Gasteiger partial charge is 0.480 e. The zero-order valence-corrected chi connectivity index (χ0v) is 19.0. The quantitative estimate of drug-likeness (QED) is 0.599. The molecule has 0 spiro atoms. The Morgan fingerprint density at radius 2 is 2.14 bits per heavy atom. The molecule has 1 aromatic heterocycles. The third-order valence-corrected chi connectivity index (χ3v) is 7.28. The Hall–Kier alpha value is -1.39. The molecule has 148 valence electrons. The average molecular weight is 482 g/mol. The van der Waals surface area contributed by atoms with Crippen LogP contribution in [-0.2, 0) is 10.2 Å². The van der Waals surface area contributed by atoms with Gasteiger partial charge >= 0.3 is 5.97 Å². The summed E-state index contributed by atoms with van der Waals surface area (Å²) in [7, 11) is 0. The Kier molecular flexibility index (Phi) is 5.94. The van der Waals surface area contributed by atoms with Gasteiger partial charge in [-0.1, -0.05) is 44.5 Å². The number of hydrogen-bond acceptors (Lipinski definition) is 4. The van der Waals surface area contributed by atoms with Gasteiger partial charge in [-0.3, -0.25) is 10.1 Å². The maximum absolute atomic E-state index is 12.2. The minimum atomic E-state index is -1.02. The number of aliphatic carboxylic acids is 1. The molecule has 0 bridgehead atoms. The molecule has 3 rings (SSSR count). The van der Waals surface area contributed by atoms with Gasteiger partial charge < -0.3 is 5.11 Å². The Balaban J connectivity index is 2.27. The van der Waals surface area contributed by atoms with E-state index in [0.717, 1.165) is 14.9 Å². The highest BCUT2D eigenvalue weighted by atomic mass is 79.9. The summed E-state index contributed by atoms with van der Waals surface area (Å²) in [5, 5.41) is 26.3. The molecule has 0 aliphatic carbocycles. The highest BCUT2D eigenvalue weighted by Crippen LogP contribution is 2.53. The van der Waals surface area contributed by atoms with Crippen molar-refractivity contribution >= 4 is 44.8 Å². The third kappa shape index (κ3) is 3.86. The third-order valence-electron chi connectivity index (χ3n) is 5.20. The van der Waals surface area contributed by atoms with Crippen LogP contribution in [0, 0.1) is 16.7 Å². The van der Waals surface area contributed by atoms with Gasteiger partial charge in [-0.25, -0.2) is 0 Å². The second-order valence-corrected chi connectivity index (χ2v) is 10.7. The van der Waals surface area contributed by atoms with Gasteiger partial charge in [0.25, 0.3) is 0 Å². The number of nitriles is 1. The van der Waals surface area contributed by atoms with Crippen molar-refractivity contribution in [3.63, 3.8) is 0 Å². The topological polar surface area (TPSA) is 73.1 Å². The fourth-order valence-electron chi connectivity index (χ4n) is 4.18. The van der Waals surface area contributed by atoms with Crippen molar-refractivity contribution in [3.8, 4) is 6.07 Å². The summed E-state index contributed by atoms with van der Waals surface area (Å²) in [5.74, 6) is -1.52. The summed E-state index contributed by atoms with van der Waals surface area (Å²) in [4.78, 5) is 13.1. The molecule has 0 saturated carbocycles. The lowest BCUT2D eigenvalue weighted by atomic mass is 9.65. The summed E-state index contributed by atoms with van der Waals surface area (Å²) >= 11 is 11.2. The van der Waals surface area contributed by atoms with Crippen LogP contribution in [0.2, 0.25) is 5.02 Å². The molecule has 1 aliphatic heterocycles. The fraction of sp³-hybridized carbons (Fsp3) is 0.429. The molecule has 1 saturated heterocycles. The van der Waals surface area contributed by atoms with E-state index in [1.165, 1.54) is 11.3 Å². The highest BCUT2D eigenvalue weighted by Gasteiger charge is 2.60. The summed E-state index contributed by atoms with van der Waals surface area (Å²) in [5.41, 5.74) is -0.340. The minimum Gasteiger partial charge on any atom is -0.480 e. The number of nitrogens with one attached hydrogen (secondary N) is 1. The second kappa shape index (κ2) is 7.79. The smallest absolute Gasteiger partial charge is 0.321 e. The van der Waals surface area contributed by atoms with E-state index >= 15 is 0 Å². The van der Waals surface area contributed by atoms with Gasteiger partial charge in [-0.15, -0.1) is 11.3 Å². The number of benzene rings is 1. The number of rotatable bonds is 4. The molecule has 28 heavy (non-hydrogen) atoms. The SMILES string of the molecule is CC(C)(C)C[C@@H]1N[C@@H](C(=O)O)[C@H](c2cccc(Cl)c2)[C@@]1(C#N)c1cc(Br)cs1. The van der Waals surface area contributed by atoms with Crippen LogP contribution in [0.4, 0.5) is 0 Å². The number of nitrogens with zero attached hydrogens (tertiary/aromatic N) is 1. The van der Waals surface area contributed by atoms with Gasteiger partial charge in [0, 0.05) is 31.7 Å². The van der Waals surface area contributed by atoms with Crippen molar-refractivity contribution in [3.05, 3.63) is 55.6 Å². The highest BCUT2D eigenvalue weighted by molar-refractivity contribution is 9.10. The van der Waals surface area contributed by atoms with Crippen molar-refractivity contribution in [2.45, 2.75) is 50.6 Å². The van der Waals surface area contributed by atoms with Crippen molar-refractivity contribution < 1.29 is 9.90 Å². The molecule has 4 nitrogen and oxygen atoms in total.